The summed E-state index contributed by atoms with van der Waals surface area (Å²) < 4.78 is 7.63. The monoisotopic (exact) mass is 470 g/mol. The van der Waals surface area contributed by atoms with Crippen molar-refractivity contribution in [1.82, 2.24) is 14.8 Å². The first-order valence-electron chi connectivity index (χ1n) is 8.65. The fraction of sp³-hybridized carbons (Fsp3) is 0.211. The molecular formula is C19H17Cl3N4O2S. The first-order chi connectivity index (χ1) is 14.0. The molecule has 0 aliphatic heterocycles. The van der Waals surface area contributed by atoms with Crippen LogP contribution in [0.1, 0.15) is 12.7 Å². The summed E-state index contributed by atoms with van der Waals surface area (Å²) in [5.74, 6) is 1.21. The summed E-state index contributed by atoms with van der Waals surface area (Å²) in [4.78, 5) is 12.2. The lowest BCUT2D eigenvalue weighted by Gasteiger charge is -2.10. The van der Waals surface area contributed by atoms with E-state index in [0.717, 1.165) is 0 Å². The Bertz CT molecular complexity index is 1010. The van der Waals surface area contributed by atoms with Crippen LogP contribution in [0.3, 0.4) is 0 Å². The molecule has 1 N–H and O–H groups in total. The second-order valence-electron chi connectivity index (χ2n) is 5.83. The second kappa shape index (κ2) is 10.2. The number of benzene rings is 2. The molecule has 0 aliphatic rings. The van der Waals surface area contributed by atoms with Gasteiger partial charge < -0.3 is 14.6 Å². The summed E-state index contributed by atoms with van der Waals surface area (Å²) in [6.07, 6.45) is 0. The van der Waals surface area contributed by atoms with Gasteiger partial charge in [0.15, 0.2) is 11.0 Å². The molecule has 3 aromatic rings. The van der Waals surface area contributed by atoms with Crippen molar-refractivity contribution in [1.29, 1.82) is 0 Å². The maximum atomic E-state index is 12.2. The zero-order chi connectivity index (χ0) is 20.8. The lowest BCUT2D eigenvalue weighted by molar-refractivity contribution is -0.113. The van der Waals surface area contributed by atoms with Gasteiger partial charge in [-0.3, -0.25) is 4.79 Å². The van der Waals surface area contributed by atoms with E-state index in [4.69, 9.17) is 39.5 Å². The van der Waals surface area contributed by atoms with Crippen LogP contribution in [0.4, 0.5) is 5.69 Å². The predicted octanol–water partition coefficient (Wildman–Crippen LogP) is 5.57. The maximum Gasteiger partial charge on any atom is 0.234 e. The van der Waals surface area contributed by atoms with Crippen molar-refractivity contribution in [3.05, 3.63) is 63.4 Å². The van der Waals surface area contributed by atoms with E-state index in [2.05, 4.69) is 15.5 Å². The number of anilines is 1. The van der Waals surface area contributed by atoms with E-state index in [1.54, 1.807) is 30.3 Å². The summed E-state index contributed by atoms with van der Waals surface area (Å²) in [5.41, 5.74) is 0.579. The van der Waals surface area contributed by atoms with E-state index in [0.29, 0.717) is 44.0 Å². The van der Waals surface area contributed by atoms with E-state index in [1.165, 1.54) is 11.8 Å². The first-order valence-corrected chi connectivity index (χ1v) is 10.8. The van der Waals surface area contributed by atoms with Crippen molar-refractivity contribution in [3.63, 3.8) is 0 Å². The molecule has 0 fully saturated rings. The number of nitrogens with zero attached hydrogens (tertiary/aromatic N) is 3. The highest BCUT2D eigenvalue weighted by atomic mass is 35.5. The molecule has 0 radical (unpaired) electrons. The Balaban J connectivity index is 1.59. The minimum Gasteiger partial charge on any atom is -0.484 e. The van der Waals surface area contributed by atoms with Gasteiger partial charge in [-0.25, -0.2) is 0 Å². The number of carbonyl (C=O) groups is 1. The van der Waals surface area contributed by atoms with Gasteiger partial charge in [0, 0.05) is 12.2 Å². The van der Waals surface area contributed by atoms with Crippen LogP contribution in [0.15, 0.2) is 47.6 Å². The van der Waals surface area contributed by atoms with Gasteiger partial charge in [-0.2, -0.15) is 0 Å². The minimum absolute atomic E-state index is 0.170. The lowest BCUT2D eigenvalue weighted by atomic mass is 10.3. The molecule has 6 nitrogen and oxygen atoms in total. The third-order valence-electron chi connectivity index (χ3n) is 3.84. The Hall–Kier alpha value is -1.93. The summed E-state index contributed by atoms with van der Waals surface area (Å²) >= 11 is 19.2. The molecule has 0 spiro atoms. The van der Waals surface area contributed by atoms with Gasteiger partial charge in [0.1, 0.15) is 12.4 Å². The second-order valence-corrected chi connectivity index (χ2v) is 7.99. The number of amides is 1. The molecule has 0 saturated heterocycles. The summed E-state index contributed by atoms with van der Waals surface area (Å²) in [6, 6.07) is 12.2. The molecule has 0 atom stereocenters. The molecule has 3 rings (SSSR count). The van der Waals surface area contributed by atoms with Gasteiger partial charge in [0.05, 0.1) is 20.8 Å². The standard InChI is InChI=1S/C19H17Cl3N4O2S/c1-2-26-17(10-28-16-6-4-3-5-14(16)21)24-25-19(26)29-11-18(27)23-12-7-8-13(20)15(22)9-12/h3-9H,2,10-11H2,1H3,(H,23,27). The van der Waals surface area contributed by atoms with Gasteiger partial charge in [0.25, 0.3) is 0 Å². The lowest BCUT2D eigenvalue weighted by Crippen LogP contribution is -2.15. The number of carbonyl (C=O) groups excluding carboxylic acids is 1. The number of para-hydroxylation sites is 1. The number of hydrogen-bond donors (Lipinski definition) is 1. The van der Waals surface area contributed by atoms with E-state index < -0.39 is 0 Å². The van der Waals surface area contributed by atoms with Gasteiger partial charge >= 0.3 is 0 Å². The van der Waals surface area contributed by atoms with Crippen molar-refractivity contribution < 1.29 is 9.53 Å². The maximum absolute atomic E-state index is 12.2. The predicted molar refractivity (Wildman–Crippen MR) is 117 cm³/mol. The number of aromatic nitrogens is 3. The van der Waals surface area contributed by atoms with Crippen molar-refractivity contribution in [2.45, 2.75) is 25.2 Å². The minimum atomic E-state index is -0.187. The highest BCUT2D eigenvalue weighted by Gasteiger charge is 2.14. The molecule has 1 aromatic heterocycles. The van der Waals surface area contributed by atoms with Gasteiger partial charge in [-0.05, 0) is 37.3 Å². The smallest absolute Gasteiger partial charge is 0.234 e. The van der Waals surface area contributed by atoms with Crippen LogP contribution >= 0.6 is 46.6 Å². The largest absolute Gasteiger partial charge is 0.484 e. The van der Waals surface area contributed by atoms with E-state index in [-0.39, 0.29) is 18.3 Å². The molecule has 0 unspecified atom stereocenters. The number of halogens is 3. The van der Waals surface area contributed by atoms with E-state index in [1.807, 2.05) is 23.6 Å². The third kappa shape index (κ3) is 5.79. The third-order valence-corrected chi connectivity index (χ3v) is 5.86. The fourth-order valence-electron chi connectivity index (χ4n) is 2.46. The number of nitrogens with one attached hydrogen (secondary N) is 1. The number of ether oxygens (including phenoxy) is 1. The molecule has 1 amide bonds. The van der Waals surface area contributed by atoms with Crippen LogP contribution in [-0.2, 0) is 17.9 Å². The Morgan fingerprint density at radius 2 is 1.90 bits per heavy atom. The molecule has 152 valence electrons. The van der Waals surface area contributed by atoms with Crippen molar-refractivity contribution in [3.8, 4) is 5.75 Å². The molecular weight excluding hydrogens is 455 g/mol. The molecule has 0 saturated carbocycles. The summed E-state index contributed by atoms with van der Waals surface area (Å²) in [5, 5.41) is 13.1. The Morgan fingerprint density at radius 1 is 1.10 bits per heavy atom. The Labute approximate surface area is 187 Å². The van der Waals surface area contributed by atoms with Crippen LogP contribution in [0.25, 0.3) is 0 Å². The summed E-state index contributed by atoms with van der Waals surface area (Å²) in [6.45, 7) is 2.84. The van der Waals surface area contributed by atoms with Gasteiger partial charge in [0.2, 0.25) is 5.91 Å². The molecule has 1 heterocycles. The average Bonchev–Trinajstić information content (AvgIpc) is 3.10. The highest BCUT2D eigenvalue weighted by Crippen LogP contribution is 2.26. The zero-order valence-electron chi connectivity index (χ0n) is 15.4. The van der Waals surface area contributed by atoms with Gasteiger partial charge in [-0.15, -0.1) is 10.2 Å². The average molecular weight is 472 g/mol. The van der Waals surface area contributed by atoms with Crippen LogP contribution in [0.5, 0.6) is 5.75 Å². The molecule has 2 aromatic carbocycles. The van der Waals surface area contributed by atoms with Crippen LogP contribution < -0.4 is 10.1 Å². The summed E-state index contributed by atoms with van der Waals surface area (Å²) in [7, 11) is 0. The number of thioether (sulfide) groups is 1. The molecule has 29 heavy (non-hydrogen) atoms. The highest BCUT2D eigenvalue weighted by molar-refractivity contribution is 7.99. The molecule has 0 bridgehead atoms. The quantitative estimate of drug-likeness (QED) is 0.435. The van der Waals surface area contributed by atoms with Crippen molar-refractivity contribution >= 4 is 58.2 Å². The van der Waals surface area contributed by atoms with Crippen molar-refractivity contribution in [2.75, 3.05) is 11.1 Å². The molecule has 0 aliphatic carbocycles. The van der Waals surface area contributed by atoms with Crippen LogP contribution in [0, 0.1) is 0 Å². The van der Waals surface area contributed by atoms with Gasteiger partial charge in [-0.1, -0.05) is 58.7 Å². The fourth-order valence-corrected chi connectivity index (χ4v) is 3.76. The number of hydrogen-bond acceptors (Lipinski definition) is 5. The van der Waals surface area contributed by atoms with E-state index >= 15 is 0 Å². The number of rotatable bonds is 8. The zero-order valence-corrected chi connectivity index (χ0v) is 18.4. The van der Waals surface area contributed by atoms with Crippen LogP contribution in [-0.4, -0.2) is 26.4 Å². The Morgan fingerprint density at radius 3 is 2.62 bits per heavy atom. The first kappa shape index (κ1) is 21.8. The SMILES string of the molecule is CCn1c(COc2ccccc2Cl)nnc1SCC(=O)Nc1ccc(Cl)c(Cl)c1. The Kier molecular flexibility index (Phi) is 7.66. The van der Waals surface area contributed by atoms with E-state index in [9.17, 15) is 4.79 Å². The molecule has 10 heteroatoms. The normalized spacial score (nSPS) is 10.8. The topological polar surface area (TPSA) is 69.0 Å². The van der Waals surface area contributed by atoms with Crippen LogP contribution in [0.2, 0.25) is 15.1 Å². The van der Waals surface area contributed by atoms with Crippen molar-refractivity contribution in [2.24, 2.45) is 0 Å².